The molecule has 0 saturated heterocycles. The molecule has 0 atom stereocenters. The summed E-state index contributed by atoms with van der Waals surface area (Å²) in [6.07, 6.45) is 4.54. The molecule has 3 aromatic rings. The van der Waals surface area contributed by atoms with Crippen molar-refractivity contribution in [3.05, 3.63) is 39.8 Å². The Labute approximate surface area is 143 Å². The van der Waals surface area contributed by atoms with E-state index in [4.69, 9.17) is 0 Å². The van der Waals surface area contributed by atoms with Crippen molar-refractivity contribution >= 4 is 58.6 Å². The number of aryl methyl sites for hydroxylation is 1. The number of aromatic nitrogens is 4. The molecule has 0 aliphatic rings. The number of rotatable bonds is 3. The van der Waals surface area contributed by atoms with Crippen LogP contribution in [0.5, 0.6) is 0 Å². The maximum absolute atomic E-state index is 12.5. The van der Waals surface area contributed by atoms with E-state index in [-0.39, 0.29) is 9.50 Å². The van der Waals surface area contributed by atoms with Crippen LogP contribution in [0.3, 0.4) is 0 Å². The Bertz CT molecular complexity index is 971. The zero-order valence-electron chi connectivity index (χ0n) is 11.2. The topological polar surface area (TPSA) is 89.8 Å². The SMILES string of the molecule is Cn1cc(S(=O)(=O)Nc2ccc3nccnc3c2Br)c(Br)n1. The van der Waals surface area contributed by atoms with Crippen molar-refractivity contribution in [2.24, 2.45) is 7.05 Å². The van der Waals surface area contributed by atoms with Crippen LogP contribution in [0.15, 0.2) is 44.7 Å². The Morgan fingerprint density at radius 2 is 1.91 bits per heavy atom. The number of benzene rings is 1. The van der Waals surface area contributed by atoms with Crippen molar-refractivity contribution in [3.63, 3.8) is 0 Å². The quantitative estimate of drug-likeness (QED) is 0.667. The molecule has 7 nitrogen and oxygen atoms in total. The average Bonchev–Trinajstić information content (AvgIpc) is 2.82. The lowest BCUT2D eigenvalue weighted by Crippen LogP contribution is -2.13. The lowest BCUT2D eigenvalue weighted by molar-refractivity contribution is 0.600. The first-order chi connectivity index (χ1) is 10.4. The van der Waals surface area contributed by atoms with Crippen molar-refractivity contribution in [3.8, 4) is 0 Å². The third kappa shape index (κ3) is 2.73. The molecular formula is C12H9Br2N5O2S. The zero-order valence-corrected chi connectivity index (χ0v) is 15.1. The third-order valence-corrected chi connectivity index (χ3v) is 5.88. The average molecular weight is 447 g/mol. The lowest BCUT2D eigenvalue weighted by atomic mass is 10.3. The van der Waals surface area contributed by atoms with Crippen LogP contribution in [0, 0.1) is 0 Å². The smallest absolute Gasteiger partial charge is 0.266 e. The Morgan fingerprint density at radius 3 is 2.59 bits per heavy atom. The minimum atomic E-state index is -3.77. The summed E-state index contributed by atoms with van der Waals surface area (Å²) in [5.41, 5.74) is 1.62. The Hall–Kier alpha value is -1.52. The molecule has 0 bridgehead atoms. The molecule has 114 valence electrons. The molecule has 0 unspecified atom stereocenters. The second-order valence-corrected chi connectivity index (χ2v) is 7.61. The Morgan fingerprint density at radius 1 is 1.18 bits per heavy atom. The van der Waals surface area contributed by atoms with E-state index in [1.165, 1.54) is 10.9 Å². The van der Waals surface area contributed by atoms with Crippen LogP contribution < -0.4 is 4.72 Å². The van der Waals surface area contributed by atoms with Gasteiger partial charge in [-0.25, -0.2) is 8.42 Å². The first-order valence-corrected chi connectivity index (χ1v) is 9.06. The molecular weight excluding hydrogens is 438 g/mol. The van der Waals surface area contributed by atoms with Crippen LogP contribution in [0.4, 0.5) is 5.69 Å². The molecule has 22 heavy (non-hydrogen) atoms. The van der Waals surface area contributed by atoms with Crippen molar-refractivity contribution in [1.82, 2.24) is 19.7 Å². The third-order valence-electron chi connectivity index (χ3n) is 2.87. The van der Waals surface area contributed by atoms with E-state index in [2.05, 4.69) is 51.6 Å². The van der Waals surface area contributed by atoms with E-state index in [1.807, 2.05) is 0 Å². The van der Waals surface area contributed by atoms with Gasteiger partial charge in [0.1, 0.15) is 15.0 Å². The highest BCUT2D eigenvalue weighted by atomic mass is 79.9. The molecule has 1 N–H and O–H groups in total. The van der Waals surface area contributed by atoms with E-state index in [1.54, 1.807) is 31.6 Å². The molecule has 2 heterocycles. The zero-order chi connectivity index (χ0) is 15.9. The predicted molar refractivity (Wildman–Crippen MR) is 89.0 cm³/mol. The molecule has 0 aliphatic carbocycles. The summed E-state index contributed by atoms with van der Waals surface area (Å²) in [5.74, 6) is 0. The van der Waals surface area contributed by atoms with Crippen molar-refractivity contribution in [2.75, 3.05) is 4.72 Å². The van der Waals surface area contributed by atoms with Crippen LogP contribution in [0.2, 0.25) is 0 Å². The summed E-state index contributed by atoms with van der Waals surface area (Å²) < 4.78 is 29.7. The van der Waals surface area contributed by atoms with Crippen molar-refractivity contribution in [2.45, 2.75) is 4.90 Å². The van der Waals surface area contributed by atoms with Gasteiger partial charge in [-0.15, -0.1) is 0 Å². The van der Waals surface area contributed by atoms with Crippen molar-refractivity contribution in [1.29, 1.82) is 0 Å². The fourth-order valence-electron chi connectivity index (χ4n) is 1.90. The van der Waals surface area contributed by atoms with Crippen LogP contribution >= 0.6 is 31.9 Å². The number of anilines is 1. The fourth-order valence-corrected chi connectivity index (χ4v) is 4.68. The van der Waals surface area contributed by atoms with Crippen LogP contribution in [0.1, 0.15) is 0 Å². The van der Waals surface area contributed by atoms with Gasteiger partial charge in [0.15, 0.2) is 0 Å². The summed E-state index contributed by atoms with van der Waals surface area (Å²) >= 11 is 6.51. The highest BCUT2D eigenvalue weighted by molar-refractivity contribution is 9.11. The standard InChI is InChI=1S/C12H9Br2N5O2S/c1-19-6-9(12(14)17-19)22(20,21)18-7-2-3-8-11(10(7)13)16-5-4-15-8/h2-6,18H,1H3. The van der Waals surface area contributed by atoms with Gasteiger partial charge in [0.05, 0.1) is 15.7 Å². The van der Waals surface area contributed by atoms with Crippen LogP contribution in [-0.4, -0.2) is 28.2 Å². The summed E-state index contributed by atoms with van der Waals surface area (Å²) in [5, 5.41) is 3.97. The molecule has 0 amide bonds. The maximum Gasteiger partial charge on any atom is 0.266 e. The van der Waals surface area contributed by atoms with Gasteiger partial charge in [-0.1, -0.05) is 0 Å². The number of halogens is 2. The molecule has 0 radical (unpaired) electrons. The van der Waals surface area contributed by atoms with Gasteiger partial charge in [0.25, 0.3) is 10.0 Å². The number of hydrogen-bond acceptors (Lipinski definition) is 5. The van der Waals surface area contributed by atoms with E-state index < -0.39 is 10.0 Å². The monoisotopic (exact) mass is 445 g/mol. The highest BCUT2D eigenvalue weighted by Crippen LogP contribution is 2.31. The second kappa shape index (κ2) is 5.60. The normalized spacial score (nSPS) is 11.8. The molecule has 1 aromatic carbocycles. The van der Waals surface area contributed by atoms with Gasteiger partial charge in [0.2, 0.25) is 0 Å². The summed E-state index contributed by atoms with van der Waals surface area (Å²) in [4.78, 5) is 8.42. The van der Waals surface area contributed by atoms with Crippen LogP contribution in [-0.2, 0) is 17.1 Å². The predicted octanol–water partition coefficient (Wildman–Crippen LogP) is 2.69. The van der Waals surface area contributed by atoms with Crippen LogP contribution in [0.25, 0.3) is 11.0 Å². The van der Waals surface area contributed by atoms with E-state index in [9.17, 15) is 8.42 Å². The summed E-state index contributed by atoms with van der Waals surface area (Å²) in [6.45, 7) is 0. The van der Waals surface area contributed by atoms with Gasteiger partial charge in [-0.3, -0.25) is 19.4 Å². The first kappa shape index (κ1) is 15.4. The van der Waals surface area contributed by atoms with Gasteiger partial charge in [-0.05, 0) is 44.0 Å². The highest BCUT2D eigenvalue weighted by Gasteiger charge is 2.22. The molecule has 10 heteroatoms. The van der Waals surface area contributed by atoms with Gasteiger partial charge in [-0.2, -0.15) is 5.10 Å². The summed E-state index contributed by atoms with van der Waals surface area (Å²) in [7, 11) is -2.13. The number of hydrogen-bond donors (Lipinski definition) is 1. The molecule has 3 rings (SSSR count). The number of sulfonamides is 1. The van der Waals surface area contributed by atoms with E-state index in [0.717, 1.165) is 0 Å². The minimum absolute atomic E-state index is 0.0566. The van der Waals surface area contributed by atoms with Gasteiger partial charge in [0, 0.05) is 25.6 Å². The lowest BCUT2D eigenvalue weighted by Gasteiger charge is -2.10. The first-order valence-electron chi connectivity index (χ1n) is 5.99. The fraction of sp³-hybridized carbons (Fsp3) is 0.0833. The molecule has 0 saturated carbocycles. The number of nitrogens with zero attached hydrogens (tertiary/aromatic N) is 4. The molecule has 0 spiro atoms. The van der Waals surface area contributed by atoms with E-state index >= 15 is 0 Å². The Balaban J connectivity index is 2.06. The maximum atomic E-state index is 12.5. The van der Waals surface area contributed by atoms with Gasteiger partial charge >= 0.3 is 0 Å². The summed E-state index contributed by atoms with van der Waals surface area (Å²) in [6, 6.07) is 3.33. The largest absolute Gasteiger partial charge is 0.278 e. The van der Waals surface area contributed by atoms with E-state index in [0.29, 0.717) is 21.2 Å². The Kier molecular flexibility index (Phi) is 3.91. The van der Waals surface area contributed by atoms with Crippen molar-refractivity contribution < 1.29 is 8.42 Å². The molecule has 0 fully saturated rings. The molecule has 0 aliphatic heterocycles. The van der Waals surface area contributed by atoms with Gasteiger partial charge < -0.3 is 0 Å². The second-order valence-electron chi connectivity index (χ2n) is 4.41. The number of fused-ring (bicyclic) bond motifs is 1. The number of nitrogens with one attached hydrogen (secondary N) is 1. The molecule has 2 aromatic heterocycles. The minimum Gasteiger partial charge on any atom is -0.278 e.